The summed E-state index contributed by atoms with van der Waals surface area (Å²) in [5.41, 5.74) is 2.33. The van der Waals surface area contributed by atoms with Crippen LogP contribution < -0.4 is 10.0 Å². The third kappa shape index (κ3) is 8.28. The van der Waals surface area contributed by atoms with E-state index in [1.165, 1.54) is 29.7 Å². The van der Waals surface area contributed by atoms with E-state index in [1.54, 1.807) is 6.07 Å². The van der Waals surface area contributed by atoms with Crippen LogP contribution in [0.15, 0.2) is 40.6 Å². The minimum absolute atomic E-state index is 0.117. The number of nitrogens with zero attached hydrogens (tertiary/aromatic N) is 1. The zero-order chi connectivity index (χ0) is 25.6. The van der Waals surface area contributed by atoms with Crippen molar-refractivity contribution in [3.63, 3.8) is 0 Å². The maximum Gasteiger partial charge on any atom is 0.490 e. The van der Waals surface area contributed by atoms with Gasteiger partial charge in [0.1, 0.15) is 4.21 Å². The Bertz CT molecular complexity index is 1080. The summed E-state index contributed by atoms with van der Waals surface area (Å²) in [5.74, 6) is -2.76. The van der Waals surface area contributed by atoms with Crippen molar-refractivity contribution in [2.75, 3.05) is 20.1 Å². The van der Waals surface area contributed by atoms with Gasteiger partial charge in [-0.2, -0.15) is 13.2 Å². The molecule has 0 spiro atoms. The van der Waals surface area contributed by atoms with Gasteiger partial charge in [0.15, 0.2) is 0 Å². The van der Waals surface area contributed by atoms with Crippen LogP contribution in [0.3, 0.4) is 0 Å². The highest BCUT2D eigenvalue weighted by molar-refractivity contribution is 7.91. The molecule has 35 heavy (non-hydrogen) atoms. The van der Waals surface area contributed by atoms with Gasteiger partial charge in [-0.15, -0.1) is 11.3 Å². The van der Waals surface area contributed by atoms with Gasteiger partial charge in [0.2, 0.25) is 10.0 Å². The van der Waals surface area contributed by atoms with E-state index in [0.29, 0.717) is 10.3 Å². The highest BCUT2D eigenvalue weighted by Crippen LogP contribution is 2.32. The monoisotopic (exact) mass is 533 g/mol. The van der Waals surface area contributed by atoms with Gasteiger partial charge in [-0.1, -0.05) is 30.7 Å². The number of benzene rings is 1. The van der Waals surface area contributed by atoms with Crippen molar-refractivity contribution in [1.82, 2.24) is 14.9 Å². The Hall–Kier alpha value is -1.99. The zero-order valence-corrected chi connectivity index (χ0v) is 21.0. The first-order valence-corrected chi connectivity index (χ1v) is 13.7. The molecule has 2 aliphatic rings. The van der Waals surface area contributed by atoms with Gasteiger partial charge in [0.05, 0.1) is 0 Å². The minimum atomic E-state index is -5.08. The maximum atomic E-state index is 12.5. The summed E-state index contributed by atoms with van der Waals surface area (Å²) < 4.78 is 59.9. The van der Waals surface area contributed by atoms with Gasteiger partial charge in [0.25, 0.3) is 0 Å². The Kier molecular flexibility index (Phi) is 9.33. The number of carboxylic acid groups (broad SMARTS) is 1. The number of carboxylic acids is 1. The van der Waals surface area contributed by atoms with Gasteiger partial charge in [0, 0.05) is 23.5 Å². The van der Waals surface area contributed by atoms with Crippen LogP contribution in [0.4, 0.5) is 13.2 Å². The molecule has 2 fully saturated rings. The quantitative estimate of drug-likeness (QED) is 0.497. The molecule has 1 aromatic carbocycles. The fourth-order valence-electron chi connectivity index (χ4n) is 3.69. The molecule has 1 aromatic heterocycles. The first-order chi connectivity index (χ1) is 16.4. The fraction of sp³-hybridized carbons (Fsp3) is 0.522. The molecule has 1 aliphatic carbocycles. The van der Waals surface area contributed by atoms with Crippen LogP contribution in [-0.4, -0.2) is 62.8 Å². The predicted octanol–water partition coefficient (Wildman–Crippen LogP) is 4.06. The molecule has 4 rings (SSSR count). The standard InChI is InChI=1S/C21H29N3O2S2.C2HF3O2/c1-24-13-11-18(12-14-24)22-15-16-5-7-17(8-6-16)20-9-10-21(27-20)28(25,26)23-19-3-2-4-19;3-2(4,5)1(6)7/h5-10,18-19,22-23H,2-4,11-15H2,1H3;(H,6,7). The molecule has 1 saturated carbocycles. The Labute approximate surface area is 207 Å². The number of sulfonamides is 1. The van der Waals surface area contributed by atoms with E-state index >= 15 is 0 Å². The molecule has 2 aromatic rings. The second kappa shape index (κ2) is 11.8. The van der Waals surface area contributed by atoms with Crippen molar-refractivity contribution in [3.8, 4) is 10.4 Å². The number of aliphatic carboxylic acids is 1. The summed E-state index contributed by atoms with van der Waals surface area (Å²) in [6.45, 7) is 3.20. The van der Waals surface area contributed by atoms with Gasteiger partial charge in [-0.25, -0.2) is 17.9 Å². The highest BCUT2D eigenvalue weighted by Gasteiger charge is 2.38. The van der Waals surface area contributed by atoms with Crippen molar-refractivity contribution in [1.29, 1.82) is 0 Å². The van der Waals surface area contributed by atoms with Crippen LogP contribution in [0.25, 0.3) is 10.4 Å². The van der Waals surface area contributed by atoms with Crippen LogP contribution in [0.5, 0.6) is 0 Å². The smallest absolute Gasteiger partial charge is 0.475 e. The van der Waals surface area contributed by atoms with Crippen LogP contribution in [0, 0.1) is 0 Å². The molecule has 3 N–H and O–H groups in total. The number of hydrogen-bond acceptors (Lipinski definition) is 6. The van der Waals surface area contributed by atoms with E-state index < -0.39 is 22.2 Å². The number of thiophene rings is 1. The molecule has 0 atom stereocenters. The number of hydrogen-bond donors (Lipinski definition) is 3. The van der Waals surface area contributed by atoms with Crippen LogP contribution in [0.2, 0.25) is 0 Å². The second-order valence-electron chi connectivity index (χ2n) is 8.83. The van der Waals surface area contributed by atoms with Gasteiger partial charge in [-0.05, 0) is 69.1 Å². The summed E-state index contributed by atoms with van der Waals surface area (Å²) in [4.78, 5) is 12.3. The number of piperidine rings is 1. The topological polar surface area (TPSA) is 98.7 Å². The maximum absolute atomic E-state index is 12.5. The lowest BCUT2D eigenvalue weighted by Gasteiger charge is -2.29. The van der Waals surface area contributed by atoms with E-state index in [9.17, 15) is 21.6 Å². The van der Waals surface area contributed by atoms with Crippen molar-refractivity contribution in [2.45, 2.75) is 61.1 Å². The van der Waals surface area contributed by atoms with Crippen molar-refractivity contribution >= 4 is 27.3 Å². The fourth-order valence-corrected chi connectivity index (χ4v) is 6.32. The number of alkyl halides is 3. The molecule has 0 bridgehead atoms. The van der Waals surface area contributed by atoms with E-state index in [1.807, 2.05) is 6.07 Å². The van der Waals surface area contributed by atoms with Gasteiger partial charge in [-0.3, -0.25) is 0 Å². The number of likely N-dealkylation sites (tertiary alicyclic amines) is 1. The molecule has 1 saturated heterocycles. The lowest BCUT2D eigenvalue weighted by molar-refractivity contribution is -0.192. The molecule has 0 amide bonds. The largest absolute Gasteiger partial charge is 0.490 e. The Balaban J connectivity index is 0.000000429. The third-order valence-corrected chi connectivity index (χ3v) is 9.21. The van der Waals surface area contributed by atoms with Crippen molar-refractivity contribution in [2.24, 2.45) is 0 Å². The molecule has 12 heteroatoms. The lowest BCUT2D eigenvalue weighted by Crippen LogP contribution is -2.40. The Morgan fingerprint density at radius 1 is 1.06 bits per heavy atom. The number of rotatable bonds is 7. The molecule has 7 nitrogen and oxygen atoms in total. The Morgan fingerprint density at radius 2 is 1.66 bits per heavy atom. The van der Waals surface area contributed by atoms with Crippen molar-refractivity contribution in [3.05, 3.63) is 42.0 Å². The van der Waals surface area contributed by atoms with Crippen LogP contribution in [-0.2, 0) is 21.4 Å². The minimum Gasteiger partial charge on any atom is -0.475 e. The van der Waals surface area contributed by atoms with E-state index in [2.05, 4.69) is 46.3 Å². The number of nitrogens with one attached hydrogen (secondary N) is 2. The lowest BCUT2D eigenvalue weighted by atomic mass is 9.94. The zero-order valence-electron chi connectivity index (χ0n) is 19.3. The second-order valence-corrected chi connectivity index (χ2v) is 11.9. The average Bonchev–Trinajstić information content (AvgIpc) is 3.28. The summed E-state index contributed by atoms with van der Waals surface area (Å²) in [7, 11) is -1.21. The molecule has 194 valence electrons. The van der Waals surface area contributed by atoms with E-state index in [4.69, 9.17) is 9.90 Å². The molecule has 0 radical (unpaired) electrons. The normalized spacial score (nSPS) is 17.9. The number of carbonyl (C=O) groups is 1. The summed E-state index contributed by atoms with van der Waals surface area (Å²) >= 11 is 1.34. The molecular formula is C23H30F3N3O4S2. The average molecular weight is 534 g/mol. The summed E-state index contributed by atoms with van der Waals surface area (Å²) in [6.07, 6.45) is 0.336. The number of halogens is 3. The predicted molar refractivity (Wildman–Crippen MR) is 129 cm³/mol. The van der Waals surface area contributed by atoms with E-state index in [0.717, 1.165) is 49.3 Å². The highest BCUT2D eigenvalue weighted by atomic mass is 32.2. The van der Waals surface area contributed by atoms with E-state index in [-0.39, 0.29) is 6.04 Å². The van der Waals surface area contributed by atoms with Crippen LogP contribution in [0.1, 0.15) is 37.7 Å². The molecule has 2 heterocycles. The van der Waals surface area contributed by atoms with Gasteiger partial charge < -0.3 is 15.3 Å². The van der Waals surface area contributed by atoms with Crippen LogP contribution >= 0.6 is 11.3 Å². The first kappa shape index (κ1) is 27.6. The Morgan fingerprint density at radius 3 is 2.17 bits per heavy atom. The summed E-state index contributed by atoms with van der Waals surface area (Å²) in [5, 5.41) is 10.8. The molecular weight excluding hydrogens is 503 g/mol. The van der Waals surface area contributed by atoms with Crippen molar-refractivity contribution < 1.29 is 31.5 Å². The molecule has 1 aliphatic heterocycles. The third-order valence-electron chi connectivity index (χ3n) is 6.07. The summed E-state index contributed by atoms with van der Waals surface area (Å²) in [6, 6.07) is 12.8. The van der Waals surface area contributed by atoms with Gasteiger partial charge >= 0.3 is 12.1 Å². The SMILES string of the molecule is CN1CCC(NCc2ccc(-c3ccc(S(=O)(=O)NC4CCC4)s3)cc2)CC1.O=C(O)C(F)(F)F. The molecule has 0 unspecified atom stereocenters. The first-order valence-electron chi connectivity index (χ1n) is 11.4.